The molecule has 0 saturated heterocycles. The summed E-state index contributed by atoms with van der Waals surface area (Å²) in [4.78, 5) is 12.3. The molecule has 0 N–H and O–H groups in total. The minimum Gasteiger partial charge on any atom is -0.493 e. The Hall–Kier alpha value is -1.73. The highest BCUT2D eigenvalue weighted by atomic mass is 79.9. The van der Waals surface area contributed by atoms with Gasteiger partial charge in [0.25, 0.3) is 0 Å². The van der Waals surface area contributed by atoms with Gasteiger partial charge in [-0.2, -0.15) is 0 Å². The fraction of sp³-hybridized carbons (Fsp3) is 0.235. The number of rotatable bonds is 7. The summed E-state index contributed by atoms with van der Waals surface area (Å²) in [7, 11) is 3.08. The number of benzene rings is 2. The smallest absolute Gasteiger partial charge is 0.316 e. The molecule has 0 fully saturated rings. The Morgan fingerprint density at radius 3 is 2.50 bits per heavy atom. The van der Waals surface area contributed by atoms with E-state index in [1.165, 1.54) is 13.2 Å². The van der Waals surface area contributed by atoms with E-state index in [-0.39, 0.29) is 18.2 Å². The third kappa shape index (κ3) is 4.88. The van der Waals surface area contributed by atoms with Gasteiger partial charge in [-0.25, -0.2) is 4.39 Å². The van der Waals surface area contributed by atoms with Crippen LogP contribution in [0, 0.1) is 5.82 Å². The maximum Gasteiger partial charge on any atom is 0.316 e. The molecule has 128 valence electrons. The average molecular weight is 415 g/mol. The normalized spacial score (nSPS) is 10.3. The van der Waals surface area contributed by atoms with Crippen molar-refractivity contribution >= 4 is 33.7 Å². The van der Waals surface area contributed by atoms with Crippen LogP contribution in [0.3, 0.4) is 0 Å². The third-order valence-electron chi connectivity index (χ3n) is 3.12. The van der Waals surface area contributed by atoms with E-state index in [4.69, 9.17) is 14.2 Å². The summed E-state index contributed by atoms with van der Waals surface area (Å²) in [5, 5.41) is 0. The Kier molecular flexibility index (Phi) is 6.93. The topological polar surface area (TPSA) is 44.8 Å². The largest absolute Gasteiger partial charge is 0.493 e. The molecule has 0 saturated carbocycles. The first-order valence-electron chi connectivity index (χ1n) is 6.98. The van der Waals surface area contributed by atoms with Gasteiger partial charge in [-0.1, -0.05) is 28.1 Å². The molecule has 2 aromatic carbocycles. The predicted molar refractivity (Wildman–Crippen MR) is 94.2 cm³/mol. The van der Waals surface area contributed by atoms with E-state index in [1.807, 2.05) is 0 Å². The molecule has 0 heterocycles. The standard InChI is InChI=1S/C17H16BrFO4S/c1-21-14-7-11(12(18)8-15(14)22-2)9-23-17(20)10-24-16-6-4-3-5-13(16)19/h3-8H,9-10H2,1-2H3. The van der Waals surface area contributed by atoms with Crippen molar-refractivity contribution in [3.63, 3.8) is 0 Å². The molecule has 0 aliphatic heterocycles. The van der Waals surface area contributed by atoms with E-state index in [9.17, 15) is 9.18 Å². The first kappa shape index (κ1) is 18.6. The fourth-order valence-electron chi connectivity index (χ4n) is 1.91. The van der Waals surface area contributed by atoms with Crippen molar-refractivity contribution in [2.75, 3.05) is 20.0 Å². The molecule has 0 aromatic heterocycles. The van der Waals surface area contributed by atoms with Gasteiger partial charge in [0.15, 0.2) is 11.5 Å². The highest BCUT2D eigenvalue weighted by molar-refractivity contribution is 9.10. The molecule has 0 spiro atoms. The number of ether oxygens (including phenoxy) is 3. The second kappa shape index (κ2) is 8.94. The van der Waals surface area contributed by atoms with E-state index < -0.39 is 5.97 Å². The molecule has 4 nitrogen and oxygen atoms in total. The van der Waals surface area contributed by atoms with Crippen LogP contribution in [0.15, 0.2) is 45.8 Å². The van der Waals surface area contributed by atoms with Crippen molar-refractivity contribution in [1.82, 2.24) is 0 Å². The van der Waals surface area contributed by atoms with Crippen LogP contribution in [0.4, 0.5) is 4.39 Å². The number of hydrogen-bond acceptors (Lipinski definition) is 5. The van der Waals surface area contributed by atoms with E-state index in [0.717, 1.165) is 21.8 Å². The summed E-state index contributed by atoms with van der Waals surface area (Å²) in [5.41, 5.74) is 0.747. The van der Waals surface area contributed by atoms with Gasteiger partial charge in [0, 0.05) is 14.9 Å². The van der Waals surface area contributed by atoms with Crippen LogP contribution in [0.1, 0.15) is 5.56 Å². The molecule has 0 amide bonds. The number of carbonyl (C=O) groups is 1. The van der Waals surface area contributed by atoms with Crippen molar-refractivity contribution in [1.29, 1.82) is 0 Å². The zero-order chi connectivity index (χ0) is 17.5. The number of halogens is 2. The van der Waals surface area contributed by atoms with Gasteiger partial charge in [0.1, 0.15) is 12.4 Å². The first-order valence-corrected chi connectivity index (χ1v) is 8.76. The van der Waals surface area contributed by atoms with Gasteiger partial charge in [0.05, 0.1) is 20.0 Å². The van der Waals surface area contributed by atoms with Crippen molar-refractivity contribution in [3.8, 4) is 11.5 Å². The molecular formula is C17H16BrFO4S. The molecular weight excluding hydrogens is 399 g/mol. The summed E-state index contributed by atoms with van der Waals surface area (Å²) in [6.45, 7) is 0.0810. The van der Waals surface area contributed by atoms with Gasteiger partial charge >= 0.3 is 5.97 Å². The van der Waals surface area contributed by atoms with Crippen LogP contribution in [0.2, 0.25) is 0 Å². The molecule has 0 unspecified atom stereocenters. The lowest BCUT2D eigenvalue weighted by Crippen LogP contribution is -2.08. The van der Waals surface area contributed by atoms with Gasteiger partial charge in [-0.15, -0.1) is 11.8 Å². The lowest BCUT2D eigenvalue weighted by molar-refractivity contribution is -0.141. The molecule has 0 aliphatic carbocycles. The van der Waals surface area contributed by atoms with E-state index in [1.54, 1.807) is 37.4 Å². The van der Waals surface area contributed by atoms with Gasteiger partial charge in [0.2, 0.25) is 0 Å². The molecule has 2 aromatic rings. The van der Waals surface area contributed by atoms with Crippen LogP contribution in [0.25, 0.3) is 0 Å². The Balaban J connectivity index is 1.93. The highest BCUT2D eigenvalue weighted by Gasteiger charge is 2.12. The Morgan fingerprint density at radius 2 is 1.83 bits per heavy atom. The van der Waals surface area contributed by atoms with Gasteiger partial charge < -0.3 is 14.2 Å². The number of carbonyl (C=O) groups excluding carboxylic acids is 1. The Labute approximate surface area is 152 Å². The van der Waals surface area contributed by atoms with Gasteiger partial charge in [-0.05, 0) is 24.3 Å². The second-order valence-electron chi connectivity index (χ2n) is 4.68. The van der Waals surface area contributed by atoms with Gasteiger partial charge in [-0.3, -0.25) is 4.79 Å². The maximum atomic E-state index is 13.5. The quantitative estimate of drug-likeness (QED) is 0.494. The van der Waals surface area contributed by atoms with Crippen molar-refractivity contribution in [2.45, 2.75) is 11.5 Å². The molecule has 0 radical (unpaired) electrons. The van der Waals surface area contributed by atoms with E-state index >= 15 is 0 Å². The molecule has 24 heavy (non-hydrogen) atoms. The number of esters is 1. The second-order valence-corrected chi connectivity index (χ2v) is 6.55. The summed E-state index contributed by atoms with van der Waals surface area (Å²) in [5.74, 6) is 0.385. The molecule has 7 heteroatoms. The van der Waals surface area contributed by atoms with Crippen molar-refractivity contribution in [2.24, 2.45) is 0 Å². The number of hydrogen-bond donors (Lipinski definition) is 0. The summed E-state index contributed by atoms with van der Waals surface area (Å²) < 4.78 is 29.9. The predicted octanol–water partition coefficient (Wildman–Crippen LogP) is 4.44. The molecule has 0 bridgehead atoms. The van der Waals surface area contributed by atoms with Crippen LogP contribution in [-0.2, 0) is 16.1 Å². The Morgan fingerprint density at radius 1 is 1.17 bits per heavy atom. The third-order valence-corrected chi connectivity index (χ3v) is 4.88. The van der Waals surface area contributed by atoms with Crippen LogP contribution in [0.5, 0.6) is 11.5 Å². The van der Waals surface area contributed by atoms with Crippen molar-refractivity contribution < 1.29 is 23.4 Å². The van der Waals surface area contributed by atoms with Crippen LogP contribution >= 0.6 is 27.7 Å². The SMILES string of the molecule is COc1cc(Br)c(COC(=O)CSc2ccccc2F)cc1OC. The Bertz CT molecular complexity index is 724. The average Bonchev–Trinajstić information content (AvgIpc) is 2.59. The minimum atomic E-state index is -0.426. The monoisotopic (exact) mass is 414 g/mol. The van der Waals surface area contributed by atoms with Crippen LogP contribution < -0.4 is 9.47 Å². The zero-order valence-electron chi connectivity index (χ0n) is 13.2. The summed E-state index contributed by atoms with van der Waals surface area (Å²) in [6, 6.07) is 9.78. The number of methoxy groups -OCH3 is 2. The molecule has 2 rings (SSSR count). The zero-order valence-corrected chi connectivity index (χ0v) is 15.6. The first-order chi connectivity index (χ1) is 11.5. The van der Waals surface area contributed by atoms with Crippen molar-refractivity contribution in [3.05, 3.63) is 52.3 Å². The number of thioether (sulfide) groups is 1. The van der Waals surface area contributed by atoms with Crippen LogP contribution in [-0.4, -0.2) is 25.9 Å². The van der Waals surface area contributed by atoms with E-state index in [0.29, 0.717) is 16.4 Å². The maximum absolute atomic E-state index is 13.5. The highest BCUT2D eigenvalue weighted by Crippen LogP contribution is 2.33. The lowest BCUT2D eigenvalue weighted by Gasteiger charge is -2.12. The fourth-order valence-corrected chi connectivity index (χ4v) is 3.08. The molecule has 0 aliphatic rings. The molecule has 0 atom stereocenters. The lowest BCUT2D eigenvalue weighted by atomic mass is 10.2. The van der Waals surface area contributed by atoms with E-state index in [2.05, 4.69) is 15.9 Å². The summed E-state index contributed by atoms with van der Waals surface area (Å²) >= 11 is 4.51. The minimum absolute atomic E-state index is 0.0336. The summed E-state index contributed by atoms with van der Waals surface area (Å²) in [6.07, 6.45) is 0.